The van der Waals surface area contributed by atoms with Crippen molar-refractivity contribution in [3.63, 3.8) is 0 Å². The van der Waals surface area contributed by atoms with E-state index in [9.17, 15) is 0 Å². The van der Waals surface area contributed by atoms with E-state index in [2.05, 4.69) is 20.9 Å². The van der Waals surface area contributed by atoms with Crippen LogP contribution < -0.4 is 10.5 Å². The van der Waals surface area contributed by atoms with Crippen LogP contribution in [-0.4, -0.2) is 4.98 Å². The maximum Gasteiger partial charge on any atom is 0.222 e. The van der Waals surface area contributed by atoms with E-state index in [0.29, 0.717) is 22.9 Å². The quantitative estimate of drug-likeness (QED) is 0.863. The molecule has 1 aromatic carbocycles. The number of benzene rings is 1. The van der Waals surface area contributed by atoms with E-state index >= 15 is 0 Å². The number of halogens is 1. The highest BCUT2D eigenvalue weighted by molar-refractivity contribution is 9.10. The Labute approximate surface area is 113 Å². The molecule has 0 aliphatic heterocycles. The van der Waals surface area contributed by atoms with Crippen LogP contribution in [0.15, 0.2) is 34.9 Å². The van der Waals surface area contributed by atoms with Gasteiger partial charge in [-0.1, -0.05) is 0 Å². The summed E-state index contributed by atoms with van der Waals surface area (Å²) in [6, 6.07) is 8.86. The van der Waals surface area contributed by atoms with Crippen molar-refractivity contribution in [1.82, 2.24) is 4.98 Å². The number of pyridine rings is 1. The van der Waals surface area contributed by atoms with Gasteiger partial charge in [-0.05, 0) is 47.1 Å². The molecule has 0 atom stereocenters. The summed E-state index contributed by atoms with van der Waals surface area (Å²) < 4.78 is 6.51. The Morgan fingerprint density at radius 3 is 2.83 bits per heavy atom. The SMILES string of the molecule is Cc1cc(Br)cnc1Oc1ccc(N)cc1C#N. The Kier molecular flexibility index (Phi) is 3.49. The predicted molar refractivity (Wildman–Crippen MR) is 72.3 cm³/mol. The van der Waals surface area contributed by atoms with Gasteiger partial charge in [-0.3, -0.25) is 0 Å². The maximum atomic E-state index is 9.02. The van der Waals surface area contributed by atoms with Gasteiger partial charge >= 0.3 is 0 Å². The van der Waals surface area contributed by atoms with Gasteiger partial charge in [-0.25, -0.2) is 4.98 Å². The molecule has 0 aliphatic rings. The van der Waals surface area contributed by atoms with Crippen molar-refractivity contribution >= 4 is 21.6 Å². The second-order valence-electron chi connectivity index (χ2n) is 3.75. The lowest BCUT2D eigenvalue weighted by Crippen LogP contribution is -1.95. The maximum absolute atomic E-state index is 9.02. The molecule has 0 spiro atoms. The fourth-order valence-electron chi connectivity index (χ4n) is 1.46. The van der Waals surface area contributed by atoms with Crippen LogP contribution in [0.3, 0.4) is 0 Å². The van der Waals surface area contributed by atoms with Crippen molar-refractivity contribution in [2.75, 3.05) is 5.73 Å². The Bertz CT molecular complexity index is 635. The number of anilines is 1. The highest BCUT2D eigenvalue weighted by Crippen LogP contribution is 2.28. The molecule has 0 radical (unpaired) electrons. The van der Waals surface area contributed by atoms with Gasteiger partial charge in [0.15, 0.2) is 0 Å². The summed E-state index contributed by atoms with van der Waals surface area (Å²) >= 11 is 3.33. The lowest BCUT2D eigenvalue weighted by atomic mass is 10.2. The van der Waals surface area contributed by atoms with E-state index < -0.39 is 0 Å². The largest absolute Gasteiger partial charge is 0.437 e. The van der Waals surface area contributed by atoms with Gasteiger partial charge in [0.2, 0.25) is 5.88 Å². The average molecular weight is 304 g/mol. The van der Waals surface area contributed by atoms with E-state index in [1.807, 2.05) is 19.1 Å². The fraction of sp³-hybridized carbons (Fsp3) is 0.0769. The first kappa shape index (κ1) is 12.4. The second-order valence-corrected chi connectivity index (χ2v) is 4.66. The first-order valence-electron chi connectivity index (χ1n) is 5.20. The highest BCUT2D eigenvalue weighted by atomic mass is 79.9. The summed E-state index contributed by atoms with van der Waals surface area (Å²) in [7, 11) is 0. The molecule has 0 unspecified atom stereocenters. The highest BCUT2D eigenvalue weighted by Gasteiger charge is 2.08. The zero-order valence-electron chi connectivity index (χ0n) is 9.64. The van der Waals surface area contributed by atoms with Crippen molar-refractivity contribution < 1.29 is 4.74 Å². The van der Waals surface area contributed by atoms with Crippen molar-refractivity contribution in [3.8, 4) is 17.7 Å². The molecule has 0 aliphatic carbocycles. The van der Waals surface area contributed by atoms with E-state index in [0.717, 1.165) is 10.0 Å². The molecular formula is C13H10BrN3O. The van der Waals surface area contributed by atoms with Crippen LogP contribution in [0.4, 0.5) is 5.69 Å². The number of nitrogens with zero attached hydrogens (tertiary/aromatic N) is 2. The normalized spacial score (nSPS) is 9.83. The molecule has 2 rings (SSSR count). The van der Waals surface area contributed by atoms with Gasteiger partial charge < -0.3 is 10.5 Å². The van der Waals surface area contributed by atoms with E-state index in [1.54, 1.807) is 24.4 Å². The molecule has 0 amide bonds. The van der Waals surface area contributed by atoms with Gasteiger partial charge in [0.25, 0.3) is 0 Å². The first-order chi connectivity index (χ1) is 8.60. The molecule has 1 heterocycles. The monoisotopic (exact) mass is 303 g/mol. The van der Waals surface area contributed by atoms with Crippen LogP contribution in [0.5, 0.6) is 11.6 Å². The summed E-state index contributed by atoms with van der Waals surface area (Å²) in [5.74, 6) is 0.920. The number of nitrogen functional groups attached to an aromatic ring is 1. The third kappa shape index (κ3) is 2.60. The van der Waals surface area contributed by atoms with Crippen LogP contribution in [0.25, 0.3) is 0 Å². The summed E-state index contributed by atoms with van der Waals surface area (Å²) in [6.07, 6.45) is 1.64. The minimum atomic E-state index is 0.388. The Morgan fingerprint density at radius 2 is 2.17 bits per heavy atom. The van der Waals surface area contributed by atoms with Gasteiger partial charge in [0.05, 0.1) is 5.56 Å². The Morgan fingerprint density at radius 1 is 1.39 bits per heavy atom. The Hall–Kier alpha value is -2.06. The zero-order chi connectivity index (χ0) is 13.1. The molecule has 0 bridgehead atoms. The number of hydrogen-bond acceptors (Lipinski definition) is 4. The van der Waals surface area contributed by atoms with Crippen LogP contribution in [-0.2, 0) is 0 Å². The van der Waals surface area contributed by atoms with E-state index in [-0.39, 0.29) is 0 Å². The fourth-order valence-corrected chi connectivity index (χ4v) is 1.91. The number of rotatable bonds is 2. The van der Waals surface area contributed by atoms with Crippen molar-refractivity contribution in [2.45, 2.75) is 6.92 Å². The minimum Gasteiger partial charge on any atom is -0.437 e. The smallest absolute Gasteiger partial charge is 0.222 e. The van der Waals surface area contributed by atoms with Gasteiger partial charge in [-0.15, -0.1) is 0 Å². The number of nitriles is 1. The lowest BCUT2D eigenvalue weighted by Gasteiger charge is -2.09. The van der Waals surface area contributed by atoms with Crippen LogP contribution >= 0.6 is 15.9 Å². The molecule has 2 aromatic rings. The minimum absolute atomic E-state index is 0.388. The summed E-state index contributed by atoms with van der Waals surface area (Å²) in [6.45, 7) is 1.89. The Balaban J connectivity index is 2.37. The number of aromatic nitrogens is 1. The topological polar surface area (TPSA) is 71.9 Å². The third-order valence-corrected chi connectivity index (χ3v) is 2.76. The van der Waals surface area contributed by atoms with Crippen molar-refractivity contribution in [1.29, 1.82) is 5.26 Å². The third-order valence-electron chi connectivity index (χ3n) is 2.33. The van der Waals surface area contributed by atoms with Gasteiger partial charge in [0.1, 0.15) is 11.8 Å². The van der Waals surface area contributed by atoms with Crippen molar-refractivity contribution in [2.24, 2.45) is 0 Å². The molecule has 0 saturated heterocycles. The van der Waals surface area contributed by atoms with Crippen LogP contribution in [0, 0.1) is 18.3 Å². The predicted octanol–water partition coefficient (Wildman–Crippen LogP) is 3.40. The van der Waals surface area contributed by atoms with Crippen molar-refractivity contribution in [3.05, 3.63) is 46.1 Å². The summed E-state index contributed by atoms with van der Waals surface area (Å²) in [5.41, 5.74) is 7.41. The number of aryl methyl sites for hydroxylation is 1. The van der Waals surface area contributed by atoms with E-state index in [1.165, 1.54) is 0 Å². The van der Waals surface area contributed by atoms with Crippen LogP contribution in [0.1, 0.15) is 11.1 Å². The molecule has 1 aromatic heterocycles. The number of nitrogens with two attached hydrogens (primary N) is 1. The van der Waals surface area contributed by atoms with Gasteiger partial charge in [0, 0.05) is 21.9 Å². The average Bonchev–Trinajstić information content (AvgIpc) is 2.34. The van der Waals surface area contributed by atoms with Crippen LogP contribution in [0.2, 0.25) is 0 Å². The van der Waals surface area contributed by atoms with Gasteiger partial charge in [-0.2, -0.15) is 5.26 Å². The molecule has 2 N–H and O–H groups in total. The summed E-state index contributed by atoms with van der Waals surface area (Å²) in [5, 5.41) is 9.02. The molecule has 18 heavy (non-hydrogen) atoms. The standard InChI is InChI=1S/C13H10BrN3O/c1-8-4-10(14)7-17-13(8)18-12-3-2-11(16)5-9(12)6-15/h2-5,7H,16H2,1H3. The van der Waals surface area contributed by atoms with E-state index in [4.69, 9.17) is 15.7 Å². The lowest BCUT2D eigenvalue weighted by molar-refractivity contribution is 0.457. The molecular weight excluding hydrogens is 294 g/mol. The molecule has 90 valence electrons. The first-order valence-corrected chi connectivity index (χ1v) is 5.99. The molecule has 5 heteroatoms. The summed E-state index contributed by atoms with van der Waals surface area (Å²) in [4.78, 5) is 4.16. The second kappa shape index (κ2) is 5.07. The molecule has 4 nitrogen and oxygen atoms in total. The number of ether oxygens (including phenoxy) is 1. The zero-order valence-corrected chi connectivity index (χ0v) is 11.2. The number of hydrogen-bond donors (Lipinski definition) is 1. The molecule has 0 saturated carbocycles. The molecule has 0 fully saturated rings.